The SMILES string of the molecule is CCc1ccc(CC(C)C=O)c(C)c1. The highest BCUT2D eigenvalue weighted by Gasteiger charge is 2.04. The lowest BCUT2D eigenvalue weighted by molar-refractivity contribution is -0.110. The molecule has 1 heteroatoms. The molecule has 0 N–H and O–H groups in total. The van der Waals surface area contributed by atoms with E-state index >= 15 is 0 Å². The molecule has 0 amide bonds. The van der Waals surface area contributed by atoms with E-state index in [1.807, 2.05) is 6.92 Å². The number of benzene rings is 1. The summed E-state index contributed by atoms with van der Waals surface area (Å²) in [5.74, 6) is 0.126. The van der Waals surface area contributed by atoms with Crippen molar-refractivity contribution in [3.63, 3.8) is 0 Å². The second-order valence-electron chi connectivity index (χ2n) is 3.93. The van der Waals surface area contributed by atoms with E-state index in [-0.39, 0.29) is 5.92 Å². The van der Waals surface area contributed by atoms with Gasteiger partial charge in [-0.1, -0.05) is 32.0 Å². The summed E-state index contributed by atoms with van der Waals surface area (Å²) >= 11 is 0. The van der Waals surface area contributed by atoms with Crippen LogP contribution in [0.15, 0.2) is 18.2 Å². The van der Waals surface area contributed by atoms with E-state index in [0.717, 1.165) is 19.1 Å². The van der Waals surface area contributed by atoms with E-state index in [1.54, 1.807) is 0 Å². The minimum Gasteiger partial charge on any atom is -0.303 e. The number of aldehydes is 1. The number of aryl methyl sites for hydroxylation is 2. The molecule has 0 aliphatic rings. The molecule has 14 heavy (non-hydrogen) atoms. The van der Waals surface area contributed by atoms with Crippen molar-refractivity contribution in [3.8, 4) is 0 Å². The molecule has 0 aliphatic carbocycles. The molecule has 0 bridgehead atoms. The van der Waals surface area contributed by atoms with E-state index in [9.17, 15) is 4.79 Å². The van der Waals surface area contributed by atoms with Crippen LogP contribution in [0.4, 0.5) is 0 Å². The fraction of sp³-hybridized carbons (Fsp3) is 0.462. The zero-order valence-electron chi connectivity index (χ0n) is 9.21. The van der Waals surface area contributed by atoms with E-state index in [1.165, 1.54) is 16.7 Å². The van der Waals surface area contributed by atoms with Crippen LogP contribution in [-0.2, 0) is 17.6 Å². The maximum absolute atomic E-state index is 10.5. The molecular formula is C13H18O. The maximum Gasteiger partial charge on any atom is 0.123 e. The van der Waals surface area contributed by atoms with Crippen LogP contribution in [0.25, 0.3) is 0 Å². The Balaban J connectivity index is 2.83. The summed E-state index contributed by atoms with van der Waals surface area (Å²) in [6.07, 6.45) is 2.96. The fourth-order valence-electron chi connectivity index (χ4n) is 1.60. The first-order chi connectivity index (χ1) is 6.67. The molecule has 0 saturated carbocycles. The third kappa shape index (κ3) is 2.69. The molecule has 0 spiro atoms. The van der Waals surface area contributed by atoms with Gasteiger partial charge in [0.25, 0.3) is 0 Å². The highest BCUT2D eigenvalue weighted by atomic mass is 16.1. The molecule has 0 aliphatic heterocycles. The highest BCUT2D eigenvalue weighted by molar-refractivity contribution is 5.54. The number of carbonyl (C=O) groups excluding carboxylic acids is 1. The molecule has 0 radical (unpaired) electrons. The van der Waals surface area contributed by atoms with E-state index < -0.39 is 0 Å². The number of rotatable bonds is 4. The maximum atomic E-state index is 10.5. The zero-order chi connectivity index (χ0) is 10.6. The van der Waals surface area contributed by atoms with Crippen molar-refractivity contribution in [1.29, 1.82) is 0 Å². The monoisotopic (exact) mass is 190 g/mol. The predicted octanol–water partition coefficient (Wildman–Crippen LogP) is 2.93. The molecule has 1 rings (SSSR count). The molecule has 1 unspecified atom stereocenters. The summed E-state index contributed by atoms with van der Waals surface area (Å²) in [6.45, 7) is 6.23. The van der Waals surface area contributed by atoms with Gasteiger partial charge in [0.15, 0.2) is 0 Å². The summed E-state index contributed by atoms with van der Waals surface area (Å²) in [4.78, 5) is 10.5. The predicted molar refractivity (Wildman–Crippen MR) is 59.5 cm³/mol. The van der Waals surface area contributed by atoms with Gasteiger partial charge >= 0.3 is 0 Å². The van der Waals surface area contributed by atoms with E-state index in [2.05, 4.69) is 32.0 Å². The van der Waals surface area contributed by atoms with Gasteiger partial charge in [-0.25, -0.2) is 0 Å². The molecule has 1 aromatic carbocycles. The van der Waals surface area contributed by atoms with Crippen LogP contribution < -0.4 is 0 Å². The Labute approximate surface area is 86.1 Å². The molecule has 1 aromatic rings. The van der Waals surface area contributed by atoms with Crippen molar-refractivity contribution >= 4 is 6.29 Å². The van der Waals surface area contributed by atoms with Gasteiger partial charge in [-0.2, -0.15) is 0 Å². The lowest BCUT2D eigenvalue weighted by Crippen LogP contribution is -2.02. The summed E-state index contributed by atoms with van der Waals surface area (Å²) in [7, 11) is 0. The van der Waals surface area contributed by atoms with Crippen LogP contribution in [0.1, 0.15) is 30.5 Å². The van der Waals surface area contributed by atoms with Gasteiger partial charge in [-0.3, -0.25) is 0 Å². The average molecular weight is 190 g/mol. The Bertz CT molecular complexity index is 315. The zero-order valence-corrected chi connectivity index (χ0v) is 9.21. The summed E-state index contributed by atoms with van der Waals surface area (Å²) < 4.78 is 0. The molecule has 0 aromatic heterocycles. The van der Waals surface area contributed by atoms with Crippen molar-refractivity contribution < 1.29 is 4.79 Å². The van der Waals surface area contributed by atoms with Crippen molar-refractivity contribution in [2.75, 3.05) is 0 Å². The fourth-order valence-corrected chi connectivity index (χ4v) is 1.60. The molecule has 0 heterocycles. The molecule has 76 valence electrons. The van der Waals surface area contributed by atoms with Crippen molar-refractivity contribution in [3.05, 3.63) is 34.9 Å². The van der Waals surface area contributed by atoms with E-state index in [0.29, 0.717) is 0 Å². The minimum absolute atomic E-state index is 0.126. The number of hydrogen-bond donors (Lipinski definition) is 0. The Morgan fingerprint density at radius 2 is 2.14 bits per heavy atom. The van der Waals surface area contributed by atoms with Crippen LogP contribution in [0.5, 0.6) is 0 Å². The topological polar surface area (TPSA) is 17.1 Å². The first-order valence-corrected chi connectivity index (χ1v) is 5.21. The number of hydrogen-bond acceptors (Lipinski definition) is 1. The Kier molecular flexibility index (Phi) is 3.87. The second kappa shape index (κ2) is 4.94. The molecule has 0 fully saturated rings. The number of carbonyl (C=O) groups is 1. The third-order valence-corrected chi connectivity index (χ3v) is 2.59. The van der Waals surface area contributed by atoms with Crippen LogP contribution in [0.2, 0.25) is 0 Å². The first-order valence-electron chi connectivity index (χ1n) is 5.21. The largest absolute Gasteiger partial charge is 0.303 e. The van der Waals surface area contributed by atoms with Crippen molar-refractivity contribution in [2.24, 2.45) is 5.92 Å². The highest BCUT2D eigenvalue weighted by Crippen LogP contribution is 2.15. The van der Waals surface area contributed by atoms with Crippen molar-refractivity contribution in [1.82, 2.24) is 0 Å². The van der Waals surface area contributed by atoms with Gasteiger partial charge in [-0.05, 0) is 36.5 Å². The lowest BCUT2D eigenvalue weighted by Gasteiger charge is -2.09. The summed E-state index contributed by atoms with van der Waals surface area (Å²) in [5.41, 5.74) is 3.96. The van der Waals surface area contributed by atoms with E-state index in [4.69, 9.17) is 0 Å². The van der Waals surface area contributed by atoms with Crippen molar-refractivity contribution in [2.45, 2.75) is 33.6 Å². The standard InChI is InChI=1S/C13H18O/c1-4-12-5-6-13(11(3)8-12)7-10(2)9-14/h5-6,8-10H,4,7H2,1-3H3. The molecule has 1 atom stereocenters. The Morgan fingerprint density at radius 1 is 1.43 bits per heavy atom. The van der Waals surface area contributed by atoms with Crippen LogP contribution in [0.3, 0.4) is 0 Å². The van der Waals surface area contributed by atoms with Crippen LogP contribution in [-0.4, -0.2) is 6.29 Å². The van der Waals surface area contributed by atoms with Gasteiger partial charge < -0.3 is 4.79 Å². The minimum atomic E-state index is 0.126. The van der Waals surface area contributed by atoms with Gasteiger partial charge in [0, 0.05) is 5.92 Å². The molecular weight excluding hydrogens is 172 g/mol. The Morgan fingerprint density at radius 3 is 2.64 bits per heavy atom. The van der Waals surface area contributed by atoms with Crippen LogP contribution in [0, 0.1) is 12.8 Å². The van der Waals surface area contributed by atoms with Crippen LogP contribution >= 0.6 is 0 Å². The van der Waals surface area contributed by atoms with Gasteiger partial charge in [0.2, 0.25) is 0 Å². The smallest absolute Gasteiger partial charge is 0.123 e. The van der Waals surface area contributed by atoms with Gasteiger partial charge in [0.05, 0.1) is 0 Å². The van der Waals surface area contributed by atoms with Gasteiger partial charge in [0.1, 0.15) is 6.29 Å². The molecule has 0 saturated heterocycles. The molecule has 1 nitrogen and oxygen atoms in total. The summed E-state index contributed by atoms with van der Waals surface area (Å²) in [6, 6.07) is 6.51. The second-order valence-corrected chi connectivity index (χ2v) is 3.93. The quantitative estimate of drug-likeness (QED) is 0.667. The Hall–Kier alpha value is -1.11. The lowest BCUT2D eigenvalue weighted by atomic mass is 9.96. The average Bonchev–Trinajstić information content (AvgIpc) is 2.20. The third-order valence-electron chi connectivity index (χ3n) is 2.59. The first kappa shape index (κ1) is 11.0. The summed E-state index contributed by atoms with van der Waals surface area (Å²) in [5, 5.41) is 0. The van der Waals surface area contributed by atoms with Gasteiger partial charge in [-0.15, -0.1) is 0 Å². The normalized spacial score (nSPS) is 12.5.